The van der Waals surface area contributed by atoms with Crippen LogP contribution in [0.1, 0.15) is 10.4 Å². The van der Waals surface area contributed by atoms with Crippen molar-refractivity contribution in [3.8, 4) is 11.5 Å². The highest BCUT2D eigenvalue weighted by molar-refractivity contribution is 6.32. The summed E-state index contributed by atoms with van der Waals surface area (Å²) in [5.41, 5.74) is 1.66. The van der Waals surface area contributed by atoms with Crippen LogP contribution in [0, 0.1) is 0 Å². The van der Waals surface area contributed by atoms with Crippen molar-refractivity contribution in [1.29, 1.82) is 0 Å². The minimum Gasteiger partial charge on any atom is -0.495 e. The third-order valence-electron chi connectivity index (χ3n) is 3.93. The summed E-state index contributed by atoms with van der Waals surface area (Å²) >= 11 is 6.05. The second-order valence-electron chi connectivity index (χ2n) is 6.03. The Balaban J connectivity index is 1.55. The van der Waals surface area contributed by atoms with Crippen LogP contribution < -0.4 is 20.1 Å². The maximum atomic E-state index is 12.2. The van der Waals surface area contributed by atoms with Crippen molar-refractivity contribution in [2.45, 2.75) is 0 Å². The number of rotatable bonds is 7. The Morgan fingerprint density at radius 2 is 1.66 bits per heavy atom. The summed E-state index contributed by atoms with van der Waals surface area (Å²) in [5, 5.41) is 5.89. The molecule has 0 unspecified atom stereocenters. The van der Waals surface area contributed by atoms with Crippen LogP contribution in [0.15, 0.2) is 72.8 Å². The Morgan fingerprint density at radius 1 is 0.897 bits per heavy atom. The Kier molecular flexibility index (Phi) is 6.71. The Bertz CT molecular complexity index is 1010. The number of carbonyl (C=O) groups excluding carboxylic acids is 2. The molecule has 0 saturated heterocycles. The summed E-state index contributed by atoms with van der Waals surface area (Å²) < 4.78 is 10.6. The number of anilines is 2. The van der Waals surface area contributed by atoms with Crippen LogP contribution in [0.25, 0.3) is 0 Å². The van der Waals surface area contributed by atoms with E-state index >= 15 is 0 Å². The lowest BCUT2D eigenvalue weighted by atomic mass is 10.2. The Hall–Kier alpha value is -3.51. The number of benzene rings is 3. The van der Waals surface area contributed by atoms with E-state index in [2.05, 4.69) is 10.6 Å². The average Bonchev–Trinajstić information content (AvgIpc) is 2.73. The van der Waals surface area contributed by atoms with Crippen molar-refractivity contribution < 1.29 is 19.1 Å². The molecule has 0 radical (unpaired) electrons. The molecule has 0 fully saturated rings. The lowest BCUT2D eigenvalue weighted by Gasteiger charge is -2.10. The van der Waals surface area contributed by atoms with E-state index in [-0.39, 0.29) is 18.4 Å². The van der Waals surface area contributed by atoms with Gasteiger partial charge in [0.25, 0.3) is 11.8 Å². The molecule has 0 bridgehead atoms. The van der Waals surface area contributed by atoms with Gasteiger partial charge in [-0.2, -0.15) is 0 Å². The average molecular weight is 411 g/mol. The molecule has 2 amide bonds. The van der Waals surface area contributed by atoms with E-state index < -0.39 is 0 Å². The SMILES string of the molecule is COc1ccc(NC(=O)COc2cccc(NC(=O)c3ccccc3)c2)cc1Cl. The first kappa shape index (κ1) is 20.2. The maximum Gasteiger partial charge on any atom is 0.262 e. The van der Waals surface area contributed by atoms with Gasteiger partial charge in [0.15, 0.2) is 6.61 Å². The molecule has 148 valence electrons. The summed E-state index contributed by atoms with van der Waals surface area (Å²) in [6.45, 7) is -0.195. The molecule has 0 aliphatic carbocycles. The number of methoxy groups -OCH3 is 1. The molecular weight excluding hydrogens is 392 g/mol. The third-order valence-corrected chi connectivity index (χ3v) is 4.23. The topological polar surface area (TPSA) is 76.7 Å². The summed E-state index contributed by atoms with van der Waals surface area (Å²) in [7, 11) is 1.52. The molecule has 0 aromatic heterocycles. The molecule has 3 aromatic rings. The molecule has 3 rings (SSSR count). The van der Waals surface area contributed by atoms with E-state index in [0.29, 0.717) is 33.5 Å². The zero-order valence-electron chi connectivity index (χ0n) is 15.6. The van der Waals surface area contributed by atoms with Gasteiger partial charge in [0.2, 0.25) is 0 Å². The second-order valence-corrected chi connectivity index (χ2v) is 6.44. The van der Waals surface area contributed by atoms with Crippen LogP contribution in [-0.4, -0.2) is 25.5 Å². The van der Waals surface area contributed by atoms with Crippen LogP contribution in [0.2, 0.25) is 5.02 Å². The van der Waals surface area contributed by atoms with Crippen molar-refractivity contribution in [3.63, 3.8) is 0 Å². The fraction of sp³-hybridized carbons (Fsp3) is 0.0909. The van der Waals surface area contributed by atoms with Gasteiger partial charge in [-0.15, -0.1) is 0 Å². The van der Waals surface area contributed by atoms with Gasteiger partial charge in [0, 0.05) is 23.0 Å². The summed E-state index contributed by atoms with van der Waals surface area (Å²) in [5.74, 6) is 0.413. The smallest absolute Gasteiger partial charge is 0.262 e. The third kappa shape index (κ3) is 5.73. The van der Waals surface area contributed by atoms with Crippen LogP contribution >= 0.6 is 11.6 Å². The molecule has 3 aromatic carbocycles. The monoisotopic (exact) mass is 410 g/mol. The van der Waals surface area contributed by atoms with Crippen molar-refractivity contribution in [2.75, 3.05) is 24.4 Å². The molecular formula is C22H19ClN2O4. The number of hydrogen-bond donors (Lipinski definition) is 2. The van der Waals surface area contributed by atoms with Gasteiger partial charge in [-0.1, -0.05) is 35.9 Å². The van der Waals surface area contributed by atoms with Crippen LogP contribution in [0.3, 0.4) is 0 Å². The Morgan fingerprint density at radius 3 is 2.38 bits per heavy atom. The largest absolute Gasteiger partial charge is 0.495 e. The number of ether oxygens (including phenoxy) is 2. The van der Waals surface area contributed by atoms with Gasteiger partial charge >= 0.3 is 0 Å². The van der Waals surface area contributed by atoms with Gasteiger partial charge in [0.1, 0.15) is 11.5 Å². The molecule has 0 heterocycles. The van der Waals surface area contributed by atoms with E-state index in [4.69, 9.17) is 21.1 Å². The predicted molar refractivity (Wildman–Crippen MR) is 113 cm³/mol. The van der Waals surface area contributed by atoms with E-state index in [9.17, 15) is 9.59 Å². The summed E-state index contributed by atoms with van der Waals surface area (Å²) in [6, 6.07) is 20.7. The molecule has 0 aliphatic rings. The predicted octanol–water partition coefficient (Wildman–Crippen LogP) is 4.62. The minimum atomic E-state index is -0.343. The molecule has 0 atom stereocenters. The first-order valence-corrected chi connectivity index (χ1v) is 9.15. The first-order valence-electron chi connectivity index (χ1n) is 8.78. The van der Waals surface area contributed by atoms with E-state index in [1.54, 1.807) is 66.7 Å². The molecule has 7 heteroatoms. The molecule has 0 saturated carbocycles. The van der Waals surface area contributed by atoms with E-state index in [1.807, 2.05) is 6.07 Å². The molecule has 6 nitrogen and oxygen atoms in total. The highest BCUT2D eigenvalue weighted by Crippen LogP contribution is 2.27. The first-order chi connectivity index (χ1) is 14.0. The lowest BCUT2D eigenvalue weighted by molar-refractivity contribution is -0.118. The minimum absolute atomic E-state index is 0.195. The fourth-order valence-electron chi connectivity index (χ4n) is 2.55. The van der Waals surface area contributed by atoms with Gasteiger partial charge in [-0.05, 0) is 42.5 Å². The van der Waals surface area contributed by atoms with Crippen LogP contribution in [-0.2, 0) is 4.79 Å². The summed E-state index contributed by atoms with van der Waals surface area (Å²) in [6.07, 6.45) is 0. The highest BCUT2D eigenvalue weighted by Gasteiger charge is 2.09. The molecule has 0 spiro atoms. The van der Waals surface area contributed by atoms with E-state index in [0.717, 1.165) is 0 Å². The quantitative estimate of drug-likeness (QED) is 0.596. The number of halogens is 1. The van der Waals surface area contributed by atoms with Gasteiger partial charge < -0.3 is 20.1 Å². The standard InChI is InChI=1S/C22H19ClN2O4/c1-28-20-11-10-17(13-19(20)23)24-21(26)14-29-18-9-5-8-16(12-18)25-22(27)15-6-3-2-4-7-15/h2-13H,14H2,1H3,(H,24,26)(H,25,27). The zero-order chi connectivity index (χ0) is 20.6. The zero-order valence-corrected chi connectivity index (χ0v) is 16.4. The number of carbonyl (C=O) groups is 2. The van der Waals surface area contributed by atoms with Crippen molar-refractivity contribution >= 4 is 34.8 Å². The van der Waals surface area contributed by atoms with Crippen molar-refractivity contribution in [3.05, 3.63) is 83.4 Å². The van der Waals surface area contributed by atoms with Crippen LogP contribution in [0.5, 0.6) is 11.5 Å². The second kappa shape index (κ2) is 9.61. The molecule has 0 aliphatic heterocycles. The van der Waals surface area contributed by atoms with Gasteiger partial charge in [-0.25, -0.2) is 0 Å². The summed E-state index contributed by atoms with van der Waals surface area (Å²) in [4.78, 5) is 24.4. The maximum absolute atomic E-state index is 12.2. The highest BCUT2D eigenvalue weighted by atomic mass is 35.5. The lowest BCUT2D eigenvalue weighted by Crippen LogP contribution is -2.20. The fourth-order valence-corrected chi connectivity index (χ4v) is 2.80. The molecule has 29 heavy (non-hydrogen) atoms. The van der Waals surface area contributed by atoms with Gasteiger partial charge in [-0.3, -0.25) is 9.59 Å². The van der Waals surface area contributed by atoms with Crippen molar-refractivity contribution in [1.82, 2.24) is 0 Å². The van der Waals surface area contributed by atoms with Crippen molar-refractivity contribution in [2.24, 2.45) is 0 Å². The molecule has 2 N–H and O–H groups in total. The normalized spacial score (nSPS) is 10.1. The number of hydrogen-bond acceptors (Lipinski definition) is 4. The Labute approximate surface area is 173 Å². The van der Waals surface area contributed by atoms with Gasteiger partial charge in [0.05, 0.1) is 12.1 Å². The number of nitrogens with one attached hydrogen (secondary N) is 2. The number of amides is 2. The van der Waals surface area contributed by atoms with E-state index in [1.165, 1.54) is 7.11 Å². The van der Waals surface area contributed by atoms with Crippen LogP contribution in [0.4, 0.5) is 11.4 Å².